The predicted octanol–water partition coefficient (Wildman–Crippen LogP) is 4.05. The van der Waals surface area contributed by atoms with Crippen LogP contribution in [-0.2, 0) is 18.3 Å². The van der Waals surface area contributed by atoms with E-state index in [1.165, 1.54) is 40.7 Å². The van der Waals surface area contributed by atoms with Gasteiger partial charge in [0.25, 0.3) is 0 Å². The molecule has 0 fully saturated rings. The smallest absolute Gasteiger partial charge is 0.0994 e. The third-order valence-electron chi connectivity index (χ3n) is 5.23. The molecule has 0 aromatic heterocycles. The molecular formula is C19H17N. The summed E-state index contributed by atoms with van der Waals surface area (Å²) in [5.41, 5.74) is 8.11. The molecule has 2 aromatic rings. The Morgan fingerprint density at radius 2 is 1.60 bits per heavy atom. The van der Waals surface area contributed by atoms with Crippen molar-refractivity contribution in [3.8, 4) is 6.07 Å². The minimum Gasteiger partial charge on any atom is -0.192 e. The zero-order chi connectivity index (χ0) is 13.7. The number of hydrogen-bond donors (Lipinski definition) is 0. The Hall–Kier alpha value is -2.07. The average Bonchev–Trinajstić information content (AvgIpc) is 3.03. The molecule has 2 aliphatic carbocycles. The molecular weight excluding hydrogens is 242 g/mol. The van der Waals surface area contributed by atoms with Gasteiger partial charge in [-0.1, -0.05) is 30.3 Å². The topological polar surface area (TPSA) is 23.8 Å². The van der Waals surface area contributed by atoms with Crippen LogP contribution in [0.15, 0.2) is 36.4 Å². The molecule has 0 radical (unpaired) electrons. The summed E-state index contributed by atoms with van der Waals surface area (Å²) in [7, 11) is 0. The van der Waals surface area contributed by atoms with Crippen LogP contribution in [0.3, 0.4) is 0 Å². The van der Waals surface area contributed by atoms with E-state index in [9.17, 15) is 5.26 Å². The first kappa shape index (κ1) is 11.7. The Morgan fingerprint density at radius 1 is 0.950 bits per heavy atom. The number of benzene rings is 2. The van der Waals surface area contributed by atoms with Gasteiger partial charge in [-0.2, -0.15) is 5.26 Å². The minimum atomic E-state index is 0.113. The first-order valence-corrected chi connectivity index (χ1v) is 7.38. The summed E-state index contributed by atoms with van der Waals surface area (Å²) in [6, 6.07) is 15.3. The van der Waals surface area contributed by atoms with Crippen molar-refractivity contribution in [3.05, 3.63) is 69.8 Å². The molecule has 20 heavy (non-hydrogen) atoms. The normalized spacial score (nSPS) is 22.6. The molecule has 1 heteroatoms. The third kappa shape index (κ3) is 1.32. The van der Waals surface area contributed by atoms with Crippen molar-refractivity contribution in [1.29, 1.82) is 5.26 Å². The van der Waals surface area contributed by atoms with Crippen LogP contribution in [0.25, 0.3) is 0 Å². The van der Waals surface area contributed by atoms with Gasteiger partial charge in [-0.3, -0.25) is 0 Å². The largest absolute Gasteiger partial charge is 0.192 e. The molecule has 98 valence electrons. The molecule has 2 aromatic carbocycles. The summed E-state index contributed by atoms with van der Waals surface area (Å²) in [6.07, 6.45) is 4.59. The van der Waals surface area contributed by atoms with Crippen LogP contribution >= 0.6 is 0 Å². The lowest BCUT2D eigenvalue weighted by atomic mass is 9.73. The van der Waals surface area contributed by atoms with Crippen LogP contribution in [-0.4, -0.2) is 0 Å². The number of hydrogen-bond acceptors (Lipinski definition) is 1. The fraction of sp³-hybridized carbons (Fsp3) is 0.316. The number of nitriles is 1. The summed E-state index contributed by atoms with van der Waals surface area (Å²) in [4.78, 5) is 0. The quantitative estimate of drug-likeness (QED) is 0.700. The van der Waals surface area contributed by atoms with Crippen molar-refractivity contribution in [2.24, 2.45) is 0 Å². The fourth-order valence-corrected chi connectivity index (χ4v) is 4.53. The Kier molecular flexibility index (Phi) is 2.32. The molecule has 4 rings (SSSR count). The van der Waals surface area contributed by atoms with Gasteiger partial charge < -0.3 is 0 Å². The minimum absolute atomic E-state index is 0.113. The van der Waals surface area contributed by atoms with Crippen LogP contribution in [0.4, 0.5) is 0 Å². The maximum absolute atomic E-state index is 9.51. The molecule has 1 nitrogen and oxygen atoms in total. The Labute approximate surface area is 119 Å². The van der Waals surface area contributed by atoms with E-state index in [1.54, 1.807) is 0 Å². The van der Waals surface area contributed by atoms with Gasteiger partial charge in [0.05, 0.1) is 11.6 Å². The lowest BCUT2D eigenvalue weighted by molar-refractivity contribution is 0.504. The van der Waals surface area contributed by atoms with E-state index in [-0.39, 0.29) is 5.41 Å². The van der Waals surface area contributed by atoms with Crippen LogP contribution in [0.5, 0.6) is 0 Å². The first-order valence-electron chi connectivity index (χ1n) is 7.38. The summed E-state index contributed by atoms with van der Waals surface area (Å²) in [5.74, 6) is 0. The Bertz CT molecular complexity index is 747. The van der Waals surface area contributed by atoms with Gasteiger partial charge in [0.15, 0.2) is 0 Å². The number of aryl methyl sites for hydroxylation is 3. The summed E-state index contributed by atoms with van der Waals surface area (Å²) in [5, 5.41) is 9.51. The maximum Gasteiger partial charge on any atom is 0.0994 e. The molecule has 0 saturated carbocycles. The van der Waals surface area contributed by atoms with E-state index in [4.69, 9.17) is 0 Å². The van der Waals surface area contributed by atoms with Crippen molar-refractivity contribution in [2.45, 2.75) is 38.0 Å². The van der Waals surface area contributed by atoms with Crippen molar-refractivity contribution in [1.82, 2.24) is 0 Å². The summed E-state index contributed by atoms with van der Waals surface area (Å²) < 4.78 is 0. The molecule has 0 N–H and O–H groups in total. The molecule has 0 bridgehead atoms. The van der Waals surface area contributed by atoms with Gasteiger partial charge in [0.2, 0.25) is 0 Å². The van der Waals surface area contributed by atoms with Gasteiger partial charge in [0.1, 0.15) is 0 Å². The molecule has 0 heterocycles. The second kappa shape index (κ2) is 3.96. The lowest BCUT2D eigenvalue weighted by Gasteiger charge is -2.29. The predicted molar refractivity (Wildman–Crippen MR) is 79.8 cm³/mol. The highest BCUT2D eigenvalue weighted by Crippen LogP contribution is 2.54. The van der Waals surface area contributed by atoms with Gasteiger partial charge in [0, 0.05) is 5.41 Å². The van der Waals surface area contributed by atoms with Gasteiger partial charge in [-0.15, -0.1) is 0 Å². The fourth-order valence-electron chi connectivity index (χ4n) is 4.53. The van der Waals surface area contributed by atoms with Crippen molar-refractivity contribution < 1.29 is 0 Å². The highest BCUT2D eigenvalue weighted by Gasteiger charge is 2.46. The van der Waals surface area contributed by atoms with Crippen LogP contribution in [0, 0.1) is 18.3 Å². The van der Waals surface area contributed by atoms with Gasteiger partial charge in [-0.25, -0.2) is 0 Å². The van der Waals surface area contributed by atoms with Crippen LogP contribution < -0.4 is 0 Å². The maximum atomic E-state index is 9.51. The Balaban J connectivity index is 2.05. The molecule has 1 atom stereocenters. The summed E-state index contributed by atoms with van der Waals surface area (Å²) in [6.45, 7) is 2.22. The SMILES string of the molecule is Cc1cccc2c1[C@]1(CC2)CCc2cccc(C#N)c21. The zero-order valence-corrected chi connectivity index (χ0v) is 11.7. The number of nitrogens with zero attached hydrogens (tertiary/aromatic N) is 1. The summed E-state index contributed by atoms with van der Waals surface area (Å²) >= 11 is 0. The number of fused-ring (bicyclic) bond motifs is 4. The van der Waals surface area contributed by atoms with Crippen LogP contribution in [0.2, 0.25) is 0 Å². The van der Waals surface area contributed by atoms with Crippen LogP contribution in [0.1, 0.15) is 46.2 Å². The highest BCUT2D eigenvalue weighted by atomic mass is 14.5. The van der Waals surface area contributed by atoms with Crippen molar-refractivity contribution >= 4 is 0 Å². The standard InChI is InChI=1S/C19H17N/c1-13-4-2-5-14-8-10-19(17(13)14)11-9-15-6-3-7-16(12-20)18(15)19/h2-7H,8-11H2,1H3/t19-/m0/s1. The van der Waals surface area contributed by atoms with Gasteiger partial charge >= 0.3 is 0 Å². The monoisotopic (exact) mass is 259 g/mol. The first-order chi connectivity index (χ1) is 9.76. The van der Waals surface area contributed by atoms with E-state index in [0.29, 0.717) is 0 Å². The van der Waals surface area contributed by atoms with Gasteiger partial charge in [-0.05, 0) is 66.5 Å². The van der Waals surface area contributed by atoms with Crippen molar-refractivity contribution in [3.63, 3.8) is 0 Å². The molecule has 2 aliphatic rings. The molecule has 1 spiro atoms. The van der Waals surface area contributed by atoms with E-state index >= 15 is 0 Å². The van der Waals surface area contributed by atoms with E-state index in [2.05, 4.69) is 37.3 Å². The zero-order valence-electron chi connectivity index (χ0n) is 11.7. The highest BCUT2D eigenvalue weighted by molar-refractivity contribution is 5.60. The van der Waals surface area contributed by atoms with E-state index in [0.717, 1.165) is 18.4 Å². The van der Waals surface area contributed by atoms with Crippen molar-refractivity contribution in [2.75, 3.05) is 0 Å². The molecule has 0 unspecified atom stereocenters. The van der Waals surface area contributed by atoms with E-state index < -0.39 is 0 Å². The second-order valence-electron chi connectivity index (χ2n) is 6.14. The average molecular weight is 259 g/mol. The second-order valence-corrected chi connectivity index (χ2v) is 6.14. The molecule has 0 amide bonds. The number of rotatable bonds is 0. The lowest BCUT2D eigenvalue weighted by Crippen LogP contribution is -2.23. The van der Waals surface area contributed by atoms with E-state index in [1.807, 2.05) is 12.1 Å². The Morgan fingerprint density at radius 3 is 2.30 bits per heavy atom. The molecule has 0 aliphatic heterocycles. The third-order valence-corrected chi connectivity index (χ3v) is 5.23. The molecule has 0 saturated heterocycles.